The molecule has 6 heteroatoms. The Bertz CT molecular complexity index is 689. The predicted octanol–water partition coefficient (Wildman–Crippen LogP) is 1.91. The summed E-state index contributed by atoms with van der Waals surface area (Å²) in [6, 6.07) is 5.94. The standard InChI is InChI=1S/C13H13N5S/c1-14-6-5-11-17-18-13(19-11)9-3-2-4-10-12(9)16-8-7-15-10/h2-4,7-8,14H,5-6H2,1H3. The smallest absolute Gasteiger partial charge is 0.150 e. The van der Waals surface area contributed by atoms with E-state index in [-0.39, 0.29) is 0 Å². The number of benzene rings is 1. The lowest BCUT2D eigenvalue weighted by Crippen LogP contribution is -2.09. The summed E-state index contributed by atoms with van der Waals surface area (Å²) in [7, 11) is 1.93. The first-order chi connectivity index (χ1) is 9.38. The van der Waals surface area contributed by atoms with Gasteiger partial charge in [0.25, 0.3) is 0 Å². The van der Waals surface area contributed by atoms with Crippen LogP contribution in [0.25, 0.3) is 21.6 Å². The molecule has 96 valence electrons. The van der Waals surface area contributed by atoms with Crippen LogP contribution in [0.3, 0.4) is 0 Å². The maximum Gasteiger partial charge on any atom is 0.150 e. The summed E-state index contributed by atoms with van der Waals surface area (Å²) in [6.45, 7) is 0.907. The quantitative estimate of drug-likeness (QED) is 0.785. The summed E-state index contributed by atoms with van der Waals surface area (Å²) in [5, 5.41) is 13.5. The van der Waals surface area contributed by atoms with Crippen molar-refractivity contribution < 1.29 is 0 Å². The van der Waals surface area contributed by atoms with Crippen LogP contribution in [0.15, 0.2) is 30.6 Å². The highest BCUT2D eigenvalue weighted by atomic mass is 32.1. The number of para-hydroxylation sites is 1. The molecule has 3 aromatic rings. The molecule has 0 bridgehead atoms. The van der Waals surface area contributed by atoms with E-state index in [2.05, 4.69) is 25.5 Å². The number of hydrogen-bond acceptors (Lipinski definition) is 6. The Morgan fingerprint density at radius 1 is 1.16 bits per heavy atom. The first-order valence-electron chi connectivity index (χ1n) is 6.05. The molecule has 0 saturated carbocycles. The molecule has 0 fully saturated rings. The molecule has 0 spiro atoms. The molecule has 0 saturated heterocycles. The molecule has 5 nitrogen and oxygen atoms in total. The van der Waals surface area contributed by atoms with Gasteiger partial charge in [-0.25, -0.2) is 0 Å². The van der Waals surface area contributed by atoms with Crippen molar-refractivity contribution >= 4 is 22.4 Å². The van der Waals surface area contributed by atoms with Crippen molar-refractivity contribution in [3.8, 4) is 10.6 Å². The van der Waals surface area contributed by atoms with Crippen molar-refractivity contribution in [3.63, 3.8) is 0 Å². The molecule has 0 radical (unpaired) electrons. The monoisotopic (exact) mass is 271 g/mol. The van der Waals surface area contributed by atoms with Crippen molar-refractivity contribution in [3.05, 3.63) is 35.6 Å². The third-order valence-corrected chi connectivity index (χ3v) is 3.80. The molecule has 3 rings (SSSR count). The van der Waals surface area contributed by atoms with E-state index in [1.807, 2.05) is 25.2 Å². The Kier molecular flexibility index (Phi) is 3.43. The van der Waals surface area contributed by atoms with Crippen LogP contribution < -0.4 is 5.32 Å². The maximum absolute atomic E-state index is 4.39. The highest BCUT2D eigenvalue weighted by Gasteiger charge is 2.10. The van der Waals surface area contributed by atoms with Crippen LogP contribution in [-0.4, -0.2) is 33.8 Å². The van der Waals surface area contributed by atoms with Crippen molar-refractivity contribution in [1.82, 2.24) is 25.5 Å². The van der Waals surface area contributed by atoms with E-state index in [0.717, 1.165) is 39.6 Å². The number of hydrogen-bond donors (Lipinski definition) is 1. The Balaban J connectivity index is 2.02. The molecule has 2 heterocycles. The minimum absolute atomic E-state index is 0.876. The fraction of sp³-hybridized carbons (Fsp3) is 0.231. The highest BCUT2D eigenvalue weighted by Crippen LogP contribution is 2.28. The molecular weight excluding hydrogens is 258 g/mol. The van der Waals surface area contributed by atoms with Gasteiger partial charge < -0.3 is 5.32 Å². The van der Waals surface area contributed by atoms with Crippen LogP contribution in [0.2, 0.25) is 0 Å². The number of likely N-dealkylation sites (N-methyl/N-ethyl adjacent to an activating group) is 1. The summed E-state index contributed by atoms with van der Waals surface area (Å²) < 4.78 is 0. The van der Waals surface area contributed by atoms with Crippen LogP contribution in [0.5, 0.6) is 0 Å². The molecule has 0 atom stereocenters. The van der Waals surface area contributed by atoms with E-state index >= 15 is 0 Å². The Hall–Kier alpha value is -1.92. The lowest BCUT2D eigenvalue weighted by atomic mass is 10.2. The van der Waals surface area contributed by atoms with Gasteiger partial charge in [-0.2, -0.15) is 0 Å². The van der Waals surface area contributed by atoms with Crippen molar-refractivity contribution in [2.75, 3.05) is 13.6 Å². The van der Waals surface area contributed by atoms with E-state index in [1.165, 1.54) is 0 Å². The zero-order chi connectivity index (χ0) is 13.1. The number of nitrogens with zero attached hydrogens (tertiary/aromatic N) is 4. The molecule has 0 aliphatic rings. The van der Waals surface area contributed by atoms with Gasteiger partial charge in [0.05, 0.1) is 11.0 Å². The molecule has 0 unspecified atom stereocenters. The van der Waals surface area contributed by atoms with Crippen LogP contribution in [0.1, 0.15) is 5.01 Å². The molecular formula is C13H13N5S. The summed E-state index contributed by atoms with van der Waals surface area (Å²) in [5.41, 5.74) is 2.76. The highest BCUT2D eigenvalue weighted by molar-refractivity contribution is 7.14. The number of fused-ring (bicyclic) bond motifs is 1. The average Bonchev–Trinajstić information content (AvgIpc) is 2.93. The van der Waals surface area contributed by atoms with Crippen LogP contribution in [0.4, 0.5) is 0 Å². The Labute approximate surface area is 114 Å². The normalized spacial score (nSPS) is 11.0. The predicted molar refractivity (Wildman–Crippen MR) is 76.1 cm³/mol. The number of nitrogens with one attached hydrogen (secondary N) is 1. The van der Waals surface area contributed by atoms with Crippen molar-refractivity contribution in [2.45, 2.75) is 6.42 Å². The van der Waals surface area contributed by atoms with E-state index in [1.54, 1.807) is 23.7 Å². The lowest BCUT2D eigenvalue weighted by Gasteiger charge is -2.00. The minimum Gasteiger partial charge on any atom is -0.319 e. The second-order valence-electron chi connectivity index (χ2n) is 4.08. The number of aromatic nitrogens is 4. The van der Waals surface area contributed by atoms with E-state index < -0.39 is 0 Å². The molecule has 1 N–H and O–H groups in total. The first kappa shape index (κ1) is 12.1. The van der Waals surface area contributed by atoms with E-state index in [0.29, 0.717) is 0 Å². The molecule has 0 aliphatic heterocycles. The minimum atomic E-state index is 0.876. The van der Waals surface area contributed by atoms with Crippen LogP contribution >= 0.6 is 11.3 Å². The molecule has 1 aromatic carbocycles. The first-order valence-corrected chi connectivity index (χ1v) is 6.87. The lowest BCUT2D eigenvalue weighted by molar-refractivity contribution is 0.779. The fourth-order valence-corrected chi connectivity index (χ4v) is 2.73. The van der Waals surface area contributed by atoms with Crippen LogP contribution in [-0.2, 0) is 6.42 Å². The second kappa shape index (κ2) is 5.38. The van der Waals surface area contributed by atoms with E-state index in [4.69, 9.17) is 0 Å². The van der Waals surface area contributed by atoms with Crippen molar-refractivity contribution in [1.29, 1.82) is 0 Å². The van der Waals surface area contributed by atoms with Gasteiger partial charge in [0, 0.05) is 30.9 Å². The average molecular weight is 271 g/mol. The van der Waals surface area contributed by atoms with Gasteiger partial charge in [0.1, 0.15) is 10.0 Å². The zero-order valence-electron chi connectivity index (χ0n) is 10.5. The van der Waals surface area contributed by atoms with E-state index in [9.17, 15) is 0 Å². The third-order valence-electron chi connectivity index (χ3n) is 2.78. The van der Waals surface area contributed by atoms with Gasteiger partial charge in [-0.05, 0) is 19.2 Å². The van der Waals surface area contributed by atoms with Gasteiger partial charge in [0.15, 0.2) is 0 Å². The third kappa shape index (κ3) is 2.45. The summed E-state index contributed by atoms with van der Waals surface area (Å²) in [6.07, 6.45) is 4.30. The Morgan fingerprint density at radius 2 is 2.05 bits per heavy atom. The van der Waals surface area contributed by atoms with Gasteiger partial charge in [-0.1, -0.05) is 17.4 Å². The second-order valence-corrected chi connectivity index (χ2v) is 5.15. The summed E-state index contributed by atoms with van der Waals surface area (Å²) in [4.78, 5) is 8.70. The largest absolute Gasteiger partial charge is 0.319 e. The van der Waals surface area contributed by atoms with Gasteiger partial charge in [-0.3, -0.25) is 9.97 Å². The van der Waals surface area contributed by atoms with Crippen molar-refractivity contribution in [2.24, 2.45) is 0 Å². The summed E-state index contributed by atoms with van der Waals surface area (Å²) in [5.74, 6) is 0. The van der Waals surface area contributed by atoms with Crippen LogP contribution in [0, 0.1) is 0 Å². The SMILES string of the molecule is CNCCc1nnc(-c2cccc3nccnc23)s1. The molecule has 0 aliphatic carbocycles. The molecule has 19 heavy (non-hydrogen) atoms. The topological polar surface area (TPSA) is 63.6 Å². The number of rotatable bonds is 4. The fourth-order valence-electron chi connectivity index (χ4n) is 1.86. The molecule has 0 amide bonds. The van der Waals surface area contributed by atoms with Gasteiger partial charge in [-0.15, -0.1) is 10.2 Å². The Morgan fingerprint density at radius 3 is 2.95 bits per heavy atom. The zero-order valence-corrected chi connectivity index (χ0v) is 11.3. The molecule has 2 aromatic heterocycles. The maximum atomic E-state index is 4.39. The summed E-state index contributed by atoms with van der Waals surface area (Å²) >= 11 is 1.61. The van der Waals surface area contributed by atoms with Gasteiger partial charge >= 0.3 is 0 Å². The van der Waals surface area contributed by atoms with Gasteiger partial charge in [0.2, 0.25) is 0 Å².